The summed E-state index contributed by atoms with van der Waals surface area (Å²) >= 11 is 1.05. The summed E-state index contributed by atoms with van der Waals surface area (Å²) in [5.41, 5.74) is -1.27. The standard InChI is InChI=1S/C22H42N2O9PS/c1-4-5-6-7-8-9-10-17(25)15-19(27)35-14-13-23-18(26)11-12-24-21(29)20(28)22(2,3)16-33-34(30,31)32/h17,20,25,28H,1,4-16H2,2-3H3,(H,23,26)(H,24,29)(H2,30,31,32)/q-1/t17-,20+/m0/s1. The Kier molecular flexibility index (Phi) is 17.7. The maximum atomic E-state index is 12.0. The van der Waals surface area contributed by atoms with Crippen molar-refractivity contribution in [3.63, 3.8) is 0 Å². The van der Waals surface area contributed by atoms with Crippen LogP contribution in [-0.4, -0.2) is 74.6 Å². The molecule has 2 amide bonds. The number of nitrogens with one attached hydrogen (secondary N) is 2. The van der Waals surface area contributed by atoms with Gasteiger partial charge in [0.2, 0.25) is 11.8 Å². The third-order valence-corrected chi connectivity index (χ3v) is 6.48. The van der Waals surface area contributed by atoms with Gasteiger partial charge in [-0.25, -0.2) is 4.57 Å². The summed E-state index contributed by atoms with van der Waals surface area (Å²) in [6.45, 7) is 6.27. The lowest BCUT2D eigenvalue weighted by Crippen LogP contribution is -2.46. The van der Waals surface area contributed by atoms with E-state index in [0.29, 0.717) is 12.2 Å². The molecular formula is C22H42N2O9PS-. The van der Waals surface area contributed by atoms with Gasteiger partial charge in [-0.15, -0.1) is 0 Å². The van der Waals surface area contributed by atoms with Gasteiger partial charge in [-0.3, -0.25) is 18.9 Å². The van der Waals surface area contributed by atoms with Crippen LogP contribution in [0.15, 0.2) is 0 Å². The Morgan fingerprint density at radius 3 is 2.29 bits per heavy atom. The summed E-state index contributed by atoms with van der Waals surface area (Å²) in [7, 11) is -4.74. The van der Waals surface area contributed by atoms with Crippen LogP contribution in [-0.2, 0) is 23.5 Å². The first-order valence-electron chi connectivity index (χ1n) is 11.8. The van der Waals surface area contributed by atoms with E-state index >= 15 is 0 Å². The number of carbonyl (C=O) groups excluding carboxylic acids is 3. The first-order valence-corrected chi connectivity index (χ1v) is 14.4. The monoisotopic (exact) mass is 541 g/mol. The molecule has 0 heterocycles. The van der Waals surface area contributed by atoms with Crippen molar-refractivity contribution in [1.82, 2.24) is 10.6 Å². The average molecular weight is 542 g/mol. The number of amides is 2. The zero-order valence-electron chi connectivity index (χ0n) is 20.7. The highest BCUT2D eigenvalue weighted by Gasteiger charge is 2.35. The van der Waals surface area contributed by atoms with Gasteiger partial charge in [-0.2, -0.15) is 6.42 Å². The molecule has 0 bridgehead atoms. The van der Waals surface area contributed by atoms with Crippen LogP contribution in [0, 0.1) is 12.3 Å². The van der Waals surface area contributed by atoms with Crippen LogP contribution in [0.2, 0.25) is 0 Å². The van der Waals surface area contributed by atoms with Crippen LogP contribution in [0.5, 0.6) is 0 Å². The number of unbranched alkanes of at least 4 members (excludes halogenated alkanes) is 5. The fourth-order valence-corrected chi connectivity index (χ4v) is 4.21. The van der Waals surface area contributed by atoms with Crippen molar-refractivity contribution in [2.75, 3.05) is 25.4 Å². The second-order valence-electron chi connectivity index (χ2n) is 9.03. The van der Waals surface area contributed by atoms with Gasteiger partial charge in [0.15, 0.2) is 5.12 Å². The molecule has 0 spiro atoms. The first-order chi connectivity index (χ1) is 16.3. The van der Waals surface area contributed by atoms with Crippen molar-refractivity contribution in [3.8, 4) is 0 Å². The molecule has 0 fully saturated rings. The van der Waals surface area contributed by atoms with Crippen LogP contribution in [0.1, 0.15) is 71.6 Å². The maximum absolute atomic E-state index is 12.0. The minimum absolute atomic E-state index is 0.0508. The Labute approximate surface area is 212 Å². The Balaban J connectivity index is 3.94. The van der Waals surface area contributed by atoms with Gasteiger partial charge in [0.25, 0.3) is 0 Å². The number of aliphatic hydroxyl groups excluding tert-OH is 2. The lowest BCUT2D eigenvalue weighted by molar-refractivity contribution is -0.137. The largest absolute Gasteiger partial charge is 0.469 e. The number of phosphoric acid groups is 1. The smallest absolute Gasteiger partial charge is 0.393 e. The number of carbonyl (C=O) groups is 3. The third-order valence-electron chi connectivity index (χ3n) is 5.12. The molecule has 0 saturated carbocycles. The van der Waals surface area contributed by atoms with Gasteiger partial charge in [0.1, 0.15) is 6.10 Å². The van der Waals surface area contributed by atoms with Gasteiger partial charge in [0.05, 0.1) is 12.7 Å². The first kappa shape index (κ1) is 34.0. The van der Waals surface area contributed by atoms with Crippen molar-refractivity contribution >= 4 is 36.5 Å². The van der Waals surface area contributed by atoms with Gasteiger partial charge in [-0.05, 0) is 6.42 Å². The van der Waals surface area contributed by atoms with E-state index in [4.69, 9.17) is 9.79 Å². The Morgan fingerprint density at radius 2 is 1.66 bits per heavy atom. The molecule has 6 N–H and O–H groups in total. The fraction of sp³-hybridized carbons (Fsp3) is 0.818. The zero-order valence-corrected chi connectivity index (χ0v) is 22.5. The zero-order chi connectivity index (χ0) is 26.9. The molecule has 13 heteroatoms. The van der Waals surface area contributed by atoms with E-state index in [9.17, 15) is 29.2 Å². The van der Waals surface area contributed by atoms with Crippen LogP contribution < -0.4 is 10.6 Å². The van der Waals surface area contributed by atoms with Crippen molar-refractivity contribution < 1.29 is 43.5 Å². The number of aliphatic hydroxyl groups is 2. The molecule has 0 aliphatic heterocycles. The van der Waals surface area contributed by atoms with E-state index in [1.54, 1.807) is 0 Å². The van der Waals surface area contributed by atoms with Gasteiger partial charge in [0, 0.05) is 37.1 Å². The lowest BCUT2D eigenvalue weighted by Gasteiger charge is -2.29. The quantitative estimate of drug-likeness (QED) is 0.0753. The normalized spacial score (nSPS) is 13.8. The Hall–Kier alpha value is -1.01. The van der Waals surface area contributed by atoms with Gasteiger partial charge >= 0.3 is 7.82 Å². The topological polar surface area (TPSA) is 182 Å². The lowest BCUT2D eigenvalue weighted by atomic mass is 9.87. The predicted molar refractivity (Wildman–Crippen MR) is 134 cm³/mol. The highest BCUT2D eigenvalue weighted by molar-refractivity contribution is 8.13. The molecule has 0 aromatic carbocycles. The summed E-state index contributed by atoms with van der Waals surface area (Å²) in [6.07, 6.45) is 4.61. The molecule has 11 nitrogen and oxygen atoms in total. The molecule has 0 radical (unpaired) electrons. The number of thioether (sulfide) groups is 1. The van der Waals surface area contributed by atoms with Crippen LogP contribution >= 0.6 is 19.6 Å². The maximum Gasteiger partial charge on any atom is 0.469 e. The SMILES string of the molecule is [CH2-]CCCCCCC[C@H](O)CC(=O)SCCNC(=O)CCNC(=O)[C@@H](O)C(C)(C)COP(=O)(O)O. The molecule has 0 unspecified atom stereocenters. The van der Waals surface area contributed by atoms with E-state index < -0.39 is 38.0 Å². The molecule has 0 rings (SSSR count). The minimum atomic E-state index is -4.74. The summed E-state index contributed by atoms with van der Waals surface area (Å²) < 4.78 is 15.2. The summed E-state index contributed by atoms with van der Waals surface area (Å²) in [6, 6.07) is 0. The molecule has 0 aliphatic rings. The highest BCUT2D eigenvalue weighted by Crippen LogP contribution is 2.38. The molecular weight excluding hydrogens is 499 g/mol. The molecule has 0 aliphatic carbocycles. The Bertz CT molecular complexity index is 688. The molecule has 0 saturated heterocycles. The van der Waals surface area contributed by atoms with Crippen molar-refractivity contribution in [2.45, 2.75) is 83.8 Å². The van der Waals surface area contributed by atoms with Gasteiger partial charge in [-0.1, -0.05) is 57.7 Å². The average Bonchev–Trinajstić information content (AvgIpc) is 2.76. The molecule has 2 atom stereocenters. The number of phosphoric ester groups is 1. The summed E-state index contributed by atoms with van der Waals surface area (Å²) in [5, 5.41) is 24.9. The van der Waals surface area contributed by atoms with E-state index in [1.807, 2.05) is 0 Å². The molecule has 0 aromatic heterocycles. The van der Waals surface area contributed by atoms with E-state index in [1.165, 1.54) is 13.8 Å². The van der Waals surface area contributed by atoms with Crippen molar-refractivity contribution in [2.24, 2.45) is 5.41 Å². The third kappa shape index (κ3) is 18.9. The van der Waals surface area contributed by atoms with E-state index in [-0.39, 0.29) is 37.0 Å². The number of hydrogen-bond donors (Lipinski definition) is 6. The molecule has 35 heavy (non-hydrogen) atoms. The Morgan fingerprint density at radius 1 is 1.03 bits per heavy atom. The summed E-state index contributed by atoms with van der Waals surface area (Å²) in [5.74, 6) is -0.785. The predicted octanol–water partition coefficient (Wildman–Crippen LogP) is 1.68. The van der Waals surface area contributed by atoms with E-state index in [0.717, 1.165) is 50.3 Å². The number of hydrogen-bond acceptors (Lipinski definition) is 8. The van der Waals surface area contributed by atoms with Crippen LogP contribution in [0.3, 0.4) is 0 Å². The molecule has 206 valence electrons. The van der Waals surface area contributed by atoms with Crippen molar-refractivity contribution in [1.29, 1.82) is 0 Å². The number of rotatable bonds is 20. The van der Waals surface area contributed by atoms with Crippen LogP contribution in [0.4, 0.5) is 0 Å². The van der Waals surface area contributed by atoms with E-state index in [2.05, 4.69) is 22.1 Å². The second-order valence-corrected chi connectivity index (χ2v) is 11.4. The van der Waals surface area contributed by atoms with Gasteiger partial charge < -0.3 is 37.6 Å². The van der Waals surface area contributed by atoms with Crippen molar-refractivity contribution in [3.05, 3.63) is 6.92 Å². The van der Waals surface area contributed by atoms with Crippen LogP contribution in [0.25, 0.3) is 0 Å². The fourth-order valence-electron chi connectivity index (χ4n) is 2.96. The highest BCUT2D eigenvalue weighted by atomic mass is 32.2. The summed E-state index contributed by atoms with van der Waals surface area (Å²) in [4.78, 5) is 53.3. The molecule has 0 aromatic rings. The minimum Gasteiger partial charge on any atom is -0.393 e. The second kappa shape index (κ2) is 18.3.